The monoisotopic (exact) mass is 245 g/mol. The summed E-state index contributed by atoms with van der Waals surface area (Å²) in [4.78, 5) is 13.3. The highest BCUT2D eigenvalue weighted by Crippen LogP contribution is 2.27. The number of hydrogen-bond donors (Lipinski definition) is 1. The van der Waals surface area contributed by atoms with Crippen LogP contribution in [0.15, 0.2) is 18.2 Å². The minimum absolute atomic E-state index is 0.272. The molecule has 0 radical (unpaired) electrons. The number of benzene rings is 1. The van der Waals surface area contributed by atoms with E-state index in [0.29, 0.717) is 18.7 Å². The second-order valence-electron chi connectivity index (χ2n) is 4.27. The quantitative estimate of drug-likeness (QED) is 0.825. The number of morpholine rings is 1. The summed E-state index contributed by atoms with van der Waals surface area (Å²) in [5, 5.41) is 9.17. The Morgan fingerprint density at radius 3 is 3.06 bits per heavy atom. The molecule has 5 nitrogen and oxygen atoms in total. The molecule has 1 amide bonds. The van der Waals surface area contributed by atoms with Gasteiger partial charge in [0.05, 0.1) is 24.5 Å². The molecule has 5 heteroatoms. The smallest absolute Gasteiger partial charge is 0.242 e. The molecule has 1 unspecified atom stereocenters. The molecule has 18 heavy (non-hydrogen) atoms. The van der Waals surface area contributed by atoms with E-state index in [-0.39, 0.29) is 6.61 Å². The van der Waals surface area contributed by atoms with E-state index in [1.807, 2.05) is 24.0 Å². The van der Waals surface area contributed by atoms with Crippen LogP contribution in [0.3, 0.4) is 0 Å². The van der Waals surface area contributed by atoms with E-state index in [0.717, 1.165) is 11.3 Å². The van der Waals surface area contributed by atoms with Crippen molar-refractivity contribution in [2.24, 2.45) is 5.73 Å². The van der Waals surface area contributed by atoms with Crippen molar-refractivity contribution in [1.29, 1.82) is 5.26 Å². The van der Waals surface area contributed by atoms with Crippen molar-refractivity contribution in [3.8, 4) is 6.07 Å². The van der Waals surface area contributed by atoms with E-state index in [1.165, 1.54) is 0 Å². The van der Waals surface area contributed by atoms with Crippen LogP contribution in [0, 0.1) is 18.3 Å². The van der Waals surface area contributed by atoms with Gasteiger partial charge in [-0.1, -0.05) is 12.1 Å². The number of rotatable bonds is 2. The maximum absolute atomic E-state index is 11.5. The second kappa shape index (κ2) is 5.07. The van der Waals surface area contributed by atoms with Gasteiger partial charge in [-0.25, -0.2) is 0 Å². The van der Waals surface area contributed by atoms with Crippen LogP contribution in [0.5, 0.6) is 0 Å². The molecule has 1 aliphatic heterocycles. The first-order valence-electron chi connectivity index (χ1n) is 5.78. The van der Waals surface area contributed by atoms with E-state index in [9.17, 15) is 10.1 Å². The molecule has 2 N–H and O–H groups in total. The average molecular weight is 245 g/mol. The van der Waals surface area contributed by atoms with Crippen LogP contribution in [-0.2, 0) is 9.53 Å². The number of amides is 1. The Balaban J connectivity index is 2.46. The number of nitriles is 1. The Morgan fingerprint density at radius 1 is 1.61 bits per heavy atom. The van der Waals surface area contributed by atoms with Gasteiger partial charge in [-0.05, 0) is 18.6 Å². The number of carbonyl (C=O) groups is 1. The lowest BCUT2D eigenvalue weighted by molar-refractivity contribution is -0.121. The normalized spacial score (nSPS) is 19.3. The van der Waals surface area contributed by atoms with Crippen molar-refractivity contribution < 1.29 is 9.53 Å². The summed E-state index contributed by atoms with van der Waals surface area (Å²) in [5.74, 6) is -0.429. The Kier molecular flexibility index (Phi) is 3.49. The van der Waals surface area contributed by atoms with Crippen molar-refractivity contribution in [3.05, 3.63) is 29.3 Å². The minimum Gasteiger partial charge on any atom is -0.377 e. The Labute approximate surface area is 106 Å². The molecule has 94 valence electrons. The summed E-state index contributed by atoms with van der Waals surface area (Å²) in [5.41, 5.74) is 7.70. The summed E-state index contributed by atoms with van der Waals surface area (Å²) in [6.45, 7) is 3.29. The summed E-state index contributed by atoms with van der Waals surface area (Å²) in [6.07, 6.45) is 0. The number of ether oxygens (including phenoxy) is 1. The van der Waals surface area contributed by atoms with Gasteiger partial charge in [0.2, 0.25) is 5.91 Å². The SMILES string of the molecule is Cc1cccc(C#N)c1N1CCOCC1C(N)=O. The highest BCUT2D eigenvalue weighted by molar-refractivity contribution is 5.85. The molecular formula is C13H15N3O2. The number of nitrogens with zero attached hydrogens (tertiary/aromatic N) is 2. The zero-order valence-electron chi connectivity index (χ0n) is 10.2. The lowest BCUT2D eigenvalue weighted by atomic mass is 10.0. The predicted molar refractivity (Wildman–Crippen MR) is 67.0 cm³/mol. The molecule has 0 bridgehead atoms. The molecule has 1 fully saturated rings. The molecule has 0 spiro atoms. The van der Waals surface area contributed by atoms with Gasteiger partial charge in [-0.3, -0.25) is 4.79 Å². The summed E-state index contributed by atoms with van der Waals surface area (Å²) in [6, 6.07) is 7.15. The molecule has 1 aromatic carbocycles. The van der Waals surface area contributed by atoms with Crippen LogP contribution >= 0.6 is 0 Å². The molecule has 2 rings (SSSR count). The van der Waals surface area contributed by atoms with Gasteiger partial charge in [-0.15, -0.1) is 0 Å². The lowest BCUT2D eigenvalue weighted by Crippen LogP contribution is -2.53. The van der Waals surface area contributed by atoms with Crippen LogP contribution < -0.4 is 10.6 Å². The Morgan fingerprint density at radius 2 is 2.39 bits per heavy atom. The van der Waals surface area contributed by atoms with Crippen molar-refractivity contribution in [1.82, 2.24) is 0 Å². The fourth-order valence-electron chi connectivity index (χ4n) is 2.24. The first-order chi connectivity index (χ1) is 8.65. The Bertz CT molecular complexity index is 507. The standard InChI is InChI=1S/C13H15N3O2/c1-9-3-2-4-10(7-14)12(9)16-5-6-18-8-11(16)13(15)17/h2-4,11H,5-6,8H2,1H3,(H2,15,17). The fraction of sp³-hybridized carbons (Fsp3) is 0.385. The molecule has 1 aromatic rings. The van der Waals surface area contributed by atoms with Crippen LogP contribution in [0.4, 0.5) is 5.69 Å². The van der Waals surface area contributed by atoms with E-state index >= 15 is 0 Å². The van der Waals surface area contributed by atoms with Crippen molar-refractivity contribution in [2.75, 3.05) is 24.7 Å². The fourth-order valence-corrected chi connectivity index (χ4v) is 2.24. The second-order valence-corrected chi connectivity index (χ2v) is 4.27. The van der Waals surface area contributed by atoms with Gasteiger partial charge in [-0.2, -0.15) is 5.26 Å². The maximum Gasteiger partial charge on any atom is 0.242 e. The number of primary amides is 1. The van der Waals surface area contributed by atoms with Gasteiger partial charge in [0, 0.05) is 6.54 Å². The predicted octanol–water partition coefficient (Wildman–Crippen LogP) is 0.557. The summed E-state index contributed by atoms with van der Waals surface area (Å²) in [7, 11) is 0. The molecule has 0 aromatic heterocycles. The third-order valence-electron chi connectivity index (χ3n) is 3.10. The van der Waals surface area contributed by atoms with Crippen LogP contribution in [0.2, 0.25) is 0 Å². The number of anilines is 1. The number of hydrogen-bond acceptors (Lipinski definition) is 4. The number of aryl methyl sites for hydroxylation is 1. The minimum atomic E-state index is -0.507. The summed E-state index contributed by atoms with van der Waals surface area (Å²) < 4.78 is 5.28. The van der Waals surface area contributed by atoms with E-state index < -0.39 is 11.9 Å². The van der Waals surface area contributed by atoms with E-state index in [2.05, 4.69) is 6.07 Å². The first kappa shape index (κ1) is 12.4. The number of nitrogens with two attached hydrogens (primary N) is 1. The van der Waals surface area contributed by atoms with Gasteiger partial charge in [0.1, 0.15) is 12.1 Å². The van der Waals surface area contributed by atoms with E-state index in [1.54, 1.807) is 6.07 Å². The molecule has 1 saturated heterocycles. The zero-order chi connectivity index (χ0) is 13.1. The van der Waals surface area contributed by atoms with Crippen LogP contribution in [0.1, 0.15) is 11.1 Å². The summed E-state index contributed by atoms with van der Waals surface area (Å²) >= 11 is 0. The Hall–Kier alpha value is -2.06. The highest BCUT2D eigenvalue weighted by Gasteiger charge is 2.30. The lowest BCUT2D eigenvalue weighted by Gasteiger charge is -2.36. The maximum atomic E-state index is 11.5. The third kappa shape index (κ3) is 2.15. The highest BCUT2D eigenvalue weighted by atomic mass is 16.5. The third-order valence-corrected chi connectivity index (χ3v) is 3.10. The largest absolute Gasteiger partial charge is 0.377 e. The molecule has 0 aliphatic carbocycles. The van der Waals surface area contributed by atoms with Gasteiger partial charge in [0.25, 0.3) is 0 Å². The zero-order valence-corrected chi connectivity index (χ0v) is 10.2. The molecule has 1 aliphatic rings. The molecular weight excluding hydrogens is 230 g/mol. The number of carbonyl (C=O) groups excluding carboxylic acids is 1. The molecule has 0 saturated carbocycles. The van der Waals surface area contributed by atoms with Gasteiger partial charge < -0.3 is 15.4 Å². The van der Waals surface area contributed by atoms with Crippen molar-refractivity contribution in [2.45, 2.75) is 13.0 Å². The first-order valence-corrected chi connectivity index (χ1v) is 5.78. The van der Waals surface area contributed by atoms with Crippen LogP contribution in [-0.4, -0.2) is 31.7 Å². The topological polar surface area (TPSA) is 79.3 Å². The van der Waals surface area contributed by atoms with Crippen molar-refractivity contribution >= 4 is 11.6 Å². The van der Waals surface area contributed by atoms with E-state index in [4.69, 9.17) is 10.5 Å². The van der Waals surface area contributed by atoms with Gasteiger partial charge in [0.15, 0.2) is 0 Å². The van der Waals surface area contributed by atoms with Gasteiger partial charge >= 0.3 is 0 Å². The van der Waals surface area contributed by atoms with Crippen LogP contribution in [0.25, 0.3) is 0 Å². The molecule has 1 heterocycles. The van der Waals surface area contributed by atoms with Crippen molar-refractivity contribution in [3.63, 3.8) is 0 Å². The average Bonchev–Trinajstić information content (AvgIpc) is 2.38. The number of para-hydroxylation sites is 1. The molecule has 1 atom stereocenters.